The number of aromatic amines is 1. The van der Waals surface area contributed by atoms with E-state index in [9.17, 15) is 4.79 Å². The first kappa shape index (κ1) is 16.8. The summed E-state index contributed by atoms with van der Waals surface area (Å²) in [5, 5.41) is 2.87. The summed E-state index contributed by atoms with van der Waals surface area (Å²) in [5.41, 5.74) is 2.89. The Labute approximate surface area is 146 Å². The van der Waals surface area contributed by atoms with Crippen molar-refractivity contribution in [3.63, 3.8) is 0 Å². The molecule has 0 aliphatic heterocycles. The Balaban J connectivity index is 1.84. The molecule has 130 valence electrons. The van der Waals surface area contributed by atoms with E-state index in [2.05, 4.69) is 29.1 Å². The van der Waals surface area contributed by atoms with Crippen molar-refractivity contribution >= 4 is 22.6 Å². The number of fused-ring (bicyclic) bond motifs is 1. The average Bonchev–Trinajstić information content (AvgIpc) is 3.05. The zero-order chi connectivity index (χ0) is 18.0. The van der Waals surface area contributed by atoms with Crippen LogP contribution < -0.4 is 14.8 Å². The van der Waals surface area contributed by atoms with Gasteiger partial charge in [-0.05, 0) is 30.3 Å². The van der Waals surface area contributed by atoms with Gasteiger partial charge in [-0.15, -0.1) is 0 Å². The monoisotopic (exact) mass is 339 g/mol. The van der Waals surface area contributed by atoms with Gasteiger partial charge in [0, 0.05) is 23.2 Å². The average molecular weight is 339 g/mol. The molecule has 0 saturated heterocycles. The molecule has 0 atom stereocenters. The Morgan fingerprint density at radius 3 is 2.52 bits per heavy atom. The van der Waals surface area contributed by atoms with Gasteiger partial charge in [-0.3, -0.25) is 4.79 Å². The molecule has 0 fully saturated rings. The Morgan fingerprint density at radius 2 is 1.84 bits per heavy atom. The molecule has 1 heterocycles. The van der Waals surface area contributed by atoms with Crippen LogP contribution in [0.2, 0.25) is 0 Å². The molecule has 0 aliphatic carbocycles. The highest BCUT2D eigenvalue weighted by Crippen LogP contribution is 2.30. The number of nitrogens with one attached hydrogen (secondary N) is 2. The lowest BCUT2D eigenvalue weighted by Gasteiger charge is -2.10. The lowest BCUT2D eigenvalue weighted by Crippen LogP contribution is -2.11. The number of methoxy groups -OCH3 is 2. The van der Waals surface area contributed by atoms with Crippen LogP contribution in [0.3, 0.4) is 0 Å². The molecule has 3 aromatic rings. The number of benzene rings is 2. The SMILES string of the molecule is COc1ccc(NC(=O)c2ccc3nc(C(C)C)[nH]c3c2)cc1OC. The molecular formula is C19H21N3O3. The third-order valence-corrected chi connectivity index (χ3v) is 3.95. The van der Waals surface area contributed by atoms with Gasteiger partial charge in [-0.2, -0.15) is 0 Å². The highest BCUT2D eigenvalue weighted by molar-refractivity contribution is 6.06. The van der Waals surface area contributed by atoms with Crippen LogP contribution in [0.4, 0.5) is 5.69 Å². The van der Waals surface area contributed by atoms with Gasteiger partial charge >= 0.3 is 0 Å². The van der Waals surface area contributed by atoms with Crippen molar-refractivity contribution in [3.8, 4) is 11.5 Å². The summed E-state index contributed by atoms with van der Waals surface area (Å²) < 4.78 is 10.5. The largest absolute Gasteiger partial charge is 0.493 e. The topological polar surface area (TPSA) is 76.2 Å². The number of imidazole rings is 1. The van der Waals surface area contributed by atoms with Gasteiger partial charge in [0.15, 0.2) is 11.5 Å². The summed E-state index contributed by atoms with van der Waals surface area (Å²) >= 11 is 0. The second-order valence-corrected chi connectivity index (χ2v) is 6.03. The number of nitrogens with zero attached hydrogens (tertiary/aromatic N) is 1. The second-order valence-electron chi connectivity index (χ2n) is 6.03. The van der Waals surface area contributed by atoms with Crippen molar-refractivity contribution < 1.29 is 14.3 Å². The number of anilines is 1. The van der Waals surface area contributed by atoms with E-state index in [-0.39, 0.29) is 5.91 Å². The van der Waals surface area contributed by atoms with Gasteiger partial charge in [0.25, 0.3) is 5.91 Å². The maximum atomic E-state index is 12.5. The lowest BCUT2D eigenvalue weighted by molar-refractivity contribution is 0.102. The summed E-state index contributed by atoms with van der Waals surface area (Å²) in [6, 6.07) is 10.7. The third kappa shape index (κ3) is 3.42. The summed E-state index contributed by atoms with van der Waals surface area (Å²) in [7, 11) is 3.13. The molecule has 6 heteroatoms. The van der Waals surface area contributed by atoms with E-state index in [1.165, 1.54) is 0 Å². The minimum atomic E-state index is -0.199. The number of aromatic nitrogens is 2. The van der Waals surface area contributed by atoms with Crippen molar-refractivity contribution in [2.75, 3.05) is 19.5 Å². The van der Waals surface area contributed by atoms with E-state index in [0.29, 0.717) is 28.7 Å². The van der Waals surface area contributed by atoms with Crippen molar-refractivity contribution in [1.29, 1.82) is 0 Å². The van der Waals surface area contributed by atoms with Crippen LogP contribution in [0.15, 0.2) is 36.4 Å². The molecule has 0 unspecified atom stereocenters. The molecule has 6 nitrogen and oxygen atoms in total. The van der Waals surface area contributed by atoms with E-state index < -0.39 is 0 Å². The van der Waals surface area contributed by atoms with E-state index in [4.69, 9.17) is 9.47 Å². The Hall–Kier alpha value is -3.02. The number of hydrogen-bond acceptors (Lipinski definition) is 4. The summed E-state index contributed by atoms with van der Waals surface area (Å²) in [5.74, 6) is 2.19. The highest BCUT2D eigenvalue weighted by atomic mass is 16.5. The predicted molar refractivity (Wildman–Crippen MR) is 97.7 cm³/mol. The third-order valence-electron chi connectivity index (χ3n) is 3.95. The minimum absolute atomic E-state index is 0.199. The first-order chi connectivity index (χ1) is 12.0. The molecule has 0 aliphatic rings. The van der Waals surface area contributed by atoms with Crippen molar-refractivity contribution in [3.05, 3.63) is 47.8 Å². The van der Waals surface area contributed by atoms with Crippen LogP contribution in [-0.4, -0.2) is 30.1 Å². The smallest absolute Gasteiger partial charge is 0.255 e. The van der Waals surface area contributed by atoms with Crippen LogP contribution in [0.25, 0.3) is 11.0 Å². The fraction of sp³-hybridized carbons (Fsp3) is 0.263. The van der Waals surface area contributed by atoms with E-state index in [1.54, 1.807) is 38.5 Å². The summed E-state index contributed by atoms with van der Waals surface area (Å²) in [4.78, 5) is 20.3. The highest BCUT2D eigenvalue weighted by Gasteiger charge is 2.12. The zero-order valence-electron chi connectivity index (χ0n) is 14.7. The molecule has 2 aromatic carbocycles. The molecule has 0 bridgehead atoms. The van der Waals surface area contributed by atoms with Gasteiger partial charge in [-0.1, -0.05) is 13.8 Å². The molecule has 1 amide bonds. The summed E-state index contributed by atoms with van der Waals surface area (Å²) in [6.07, 6.45) is 0. The predicted octanol–water partition coefficient (Wildman–Crippen LogP) is 3.96. The Kier molecular flexibility index (Phi) is 4.61. The van der Waals surface area contributed by atoms with Gasteiger partial charge < -0.3 is 19.8 Å². The quantitative estimate of drug-likeness (QED) is 0.738. The molecule has 1 aromatic heterocycles. The van der Waals surface area contributed by atoms with Crippen molar-refractivity contribution in [2.45, 2.75) is 19.8 Å². The van der Waals surface area contributed by atoms with E-state index in [1.807, 2.05) is 12.1 Å². The normalized spacial score (nSPS) is 10.9. The number of amides is 1. The molecule has 0 spiro atoms. The molecule has 0 saturated carbocycles. The number of carbonyl (C=O) groups is 1. The second kappa shape index (κ2) is 6.84. The van der Waals surface area contributed by atoms with Gasteiger partial charge in [-0.25, -0.2) is 4.98 Å². The Bertz CT molecular complexity index is 915. The fourth-order valence-corrected chi connectivity index (χ4v) is 2.56. The number of H-pyrrole nitrogens is 1. The molecule has 3 rings (SSSR count). The van der Waals surface area contributed by atoms with Crippen molar-refractivity contribution in [1.82, 2.24) is 9.97 Å². The van der Waals surface area contributed by atoms with Crippen molar-refractivity contribution in [2.24, 2.45) is 0 Å². The number of carbonyl (C=O) groups excluding carboxylic acids is 1. The van der Waals surface area contributed by atoms with Crippen LogP contribution in [0.1, 0.15) is 35.9 Å². The lowest BCUT2D eigenvalue weighted by atomic mass is 10.2. The minimum Gasteiger partial charge on any atom is -0.493 e. The van der Waals surface area contributed by atoms with Gasteiger partial charge in [0.1, 0.15) is 5.82 Å². The van der Waals surface area contributed by atoms with E-state index in [0.717, 1.165) is 16.9 Å². The van der Waals surface area contributed by atoms with Gasteiger partial charge in [0.05, 0.1) is 25.3 Å². The molecule has 2 N–H and O–H groups in total. The number of hydrogen-bond donors (Lipinski definition) is 2. The molecule has 25 heavy (non-hydrogen) atoms. The standard InChI is InChI=1S/C19H21N3O3/c1-11(2)18-21-14-7-5-12(9-15(14)22-18)19(23)20-13-6-8-16(24-3)17(10-13)25-4/h5-11H,1-4H3,(H,20,23)(H,21,22). The maximum Gasteiger partial charge on any atom is 0.255 e. The van der Waals surface area contributed by atoms with Gasteiger partial charge in [0.2, 0.25) is 0 Å². The zero-order valence-corrected chi connectivity index (χ0v) is 14.7. The van der Waals surface area contributed by atoms with Crippen LogP contribution >= 0.6 is 0 Å². The number of rotatable bonds is 5. The summed E-state index contributed by atoms with van der Waals surface area (Å²) in [6.45, 7) is 4.14. The Morgan fingerprint density at radius 1 is 1.08 bits per heavy atom. The number of ether oxygens (including phenoxy) is 2. The van der Waals surface area contributed by atoms with Crippen LogP contribution in [-0.2, 0) is 0 Å². The maximum absolute atomic E-state index is 12.5. The fourth-order valence-electron chi connectivity index (χ4n) is 2.56. The molecular weight excluding hydrogens is 318 g/mol. The van der Waals surface area contributed by atoms with Crippen LogP contribution in [0, 0.1) is 0 Å². The molecule has 0 radical (unpaired) electrons. The first-order valence-electron chi connectivity index (χ1n) is 8.05. The van der Waals surface area contributed by atoms with Crippen LogP contribution in [0.5, 0.6) is 11.5 Å². The van der Waals surface area contributed by atoms with E-state index >= 15 is 0 Å². The first-order valence-corrected chi connectivity index (χ1v) is 8.05.